The molecule has 0 unspecified atom stereocenters. The van der Waals surface area contributed by atoms with Gasteiger partial charge >= 0.3 is 6.18 Å². The number of carboxylic acid groups (broad SMARTS) is 1. The Hall–Kier alpha value is -3.32. The molecule has 2 aromatic heterocycles. The number of pyridine rings is 1. The zero-order valence-electron chi connectivity index (χ0n) is 14.5. The van der Waals surface area contributed by atoms with E-state index in [2.05, 4.69) is 4.98 Å². The van der Waals surface area contributed by atoms with Crippen molar-refractivity contribution in [3.05, 3.63) is 76.8 Å². The van der Waals surface area contributed by atoms with Gasteiger partial charge in [-0.3, -0.25) is 0 Å². The van der Waals surface area contributed by atoms with Gasteiger partial charge in [0.25, 0.3) is 0 Å². The van der Waals surface area contributed by atoms with Crippen LogP contribution in [0.2, 0.25) is 5.02 Å². The van der Waals surface area contributed by atoms with Gasteiger partial charge in [-0.25, -0.2) is 4.98 Å². The summed E-state index contributed by atoms with van der Waals surface area (Å²) < 4.78 is 45.4. The van der Waals surface area contributed by atoms with Crippen molar-refractivity contribution in [2.24, 2.45) is 0 Å². The lowest BCUT2D eigenvalue weighted by atomic mass is 10.1. The van der Waals surface area contributed by atoms with E-state index in [1.165, 1.54) is 48.5 Å². The lowest BCUT2D eigenvalue weighted by molar-refractivity contribution is -0.254. The molecule has 0 atom stereocenters. The molecule has 0 bridgehead atoms. The van der Waals surface area contributed by atoms with Gasteiger partial charge < -0.3 is 14.3 Å². The molecule has 146 valence electrons. The fraction of sp³-hybridized carbons (Fsp3) is 0.0476. The summed E-state index contributed by atoms with van der Waals surface area (Å²) in [6.07, 6.45) is -4.55. The van der Waals surface area contributed by atoms with Crippen molar-refractivity contribution in [1.29, 1.82) is 0 Å². The van der Waals surface area contributed by atoms with E-state index >= 15 is 0 Å². The second-order valence-corrected chi connectivity index (χ2v) is 6.65. The minimum absolute atomic E-state index is 0.0130. The van der Waals surface area contributed by atoms with Crippen molar-refractivity contribution in [2.75, 3.05) is 0 Å². The van der Waals surface area contributed by atoms with Gasteiger partial charge in [0.2, 0.25) is 0 Å². The third-order valence-corrected chi connectivity index (χ3v) is 4.58. The number of benzene rings is 2. The van der Waals surface area contributed by atoms with E-state index in [1.54, 1.807) is 6.07 Å². The average Bonchev–Trinajstić information content (AvgIpc) is 3.16. The Morgan fingerprint density at radius 3 is 2.45 bits per heavy atom. The fourth-order valence-electron chi connectivity index (χ4n) is 3.06. The highest BCUT2D eigenvalue weighted by Crippen LogP contribution is 2.38. The summed E-state index contributed by atoms with van der Waals surface area (Å²) in [7, 11) is 0. The number of rotatable bonds is 3. The number of aromatic nitrogens is 1. The van der Waals surface area contributed by atoms with Gasteiger partial charge in [-0.1, -0.05) is 29.8 Å². The van der Waals surface area contributed by atoms with Crippen molar-refractivity contribution in [1.82, 2.24) is 4.98 Å². The highest BCUT2D eigenvalue weighted by Gasteiger charge is 2.34. The second-order valence-electron chi connectivity index (χ2n) is 6.21. The largest absolute Gasteiger partial charge is 0.545 e. The standard InChI is InChI=1S/C21H11ClF3NO3/c22-11-5-6-16-13(9-11)14(20(27)28)10-17(26-16)19-8-7-18(29-19)12-3-1-2-4-15(12)21(23,24)25/h1-10H,(H,27,28)/p-1. The topological polar surface area (TPSA) is 66.2 Å². The fourth-order valence-corrected chi connectivity index (χ4v) is 3.23. The van der Waals surface area contributed by atoms with E-state index in [9.17, 15) is 23.1 Å². The predicted molar refractivity (Wildman–Crippen MR) is 99.2 cm³/mol. The van der Waals surface area contributed by atoms with Gasteiger partial charge in [0.05, 0.1) is 17.0 Å². The molecule has 4 nitrogen and oxygen atoms in total. The quantitative estimate of drug-likeness (QED) is 0.460. The van der Waals surface area contributed by atoms with Crippen LogP contribution in [0.15, 0.2) is 65.1 Å². The first kappa shape index (κ1) is 19.0. The summed E-state index contributed by atoms with van der Waals surface area (Å²) in [6, 6.07) is 13.6. The molecule has 0 fully saturated rings. The summed E-state index contributed by atoms with van der Waals surface area (Å²) in [6.45, 7) is 0. The molecule has 4 rings (SSSR count). The molecule has 8 heteroatoms. The third kappa shape index (κ3) is 3.56. The van der Waals surface area contributed by atoms with Crippen LogP contribution in [0.3, 0.4) is 0 Å². The molecule has 0 amide bonds. The summed E-state index contributed by atoms with van der Waals surface area (Å²) in [5.41, 5.74) is -0.632. The normalized spacial score (nSPS) is 11.7. The smallest absolute Gasteiger partial charge is 0.417 e. The number of hydrogen-bond donors (Lipinski definition) is 0. The minimum Gasteiger partial charge on any atom is -0.545 e. The summed E-state index contributed by atoms with van der Waals surface area (Å²) in [5.74, 6) is -1.33. The van der Waals surface area contributed by atoms with Crippen molar-refractivity contribution in [2.45, 2.75) is 6.18 Å². The van der Waals surface area contributed by atoms with Crippen molar-refractivity contribution in [3.8, 4) is 22.8 Å². The number of carboxylic acids is 1. The Labute approximate surface area is 167 Å². The van der Waals surface area contributed by atoms with E-state index in [4.69, 9.17) is 16.0 Å². The molecular weight excluding hydrogens is 407 g/mol. The first-order chi connectivity index (χ1) is 13.7. The second kappa shape index (κ2) is 6.93. The number of halogens is 4. The van der Waals surface area contributed by atoms with Crippen LogP contribution in [0.4, 0.5) is 13.2 Å². The monoisotopic (exact) mass is 416 g/mol. The molecule has 0 aliphatic heterocycles. The number of nitrogens with zero attached hydrogens (tertiary/aromatic N) is 1. The molecule has 0 saturated carbocycles. The number of aromatic carboxylic acids is 1. The van der Waals surface area contributed by atoms with Crippen molar-refractivity contribution < 1.29 is 27.5 Å². The number of carbonyl (C=O) groups is 1. The zero-order chi connectivity index (χ0) is 20.8. The van der Waals surface area contributed by atoms with Crippen LogP contribution < -0.4 is 5.11 Å². The number of furan rings is 1. The molecule has 0 N–H and O–H groups in total. The Balaban J connectivity index is 1.85. The summed E-state index contributed by atoms with van der Waals surface area (Å²) in [4.78, 5) is 15.9. The van der Waals surface area contributed by atoms with E-state index < -0.39 is 17.7 Å². The predicted octanol–water partition coefficient (Wildman–Crippen LogP) is 5.20. The van der Waals surface area contributed by atoms with Crippen LogP contribution in [0.1, 0.15) is 15.9 Å². The van der Waals surface area contributed by atoms with Crippen LogP contribution in [-0.4, -0.2) is 11.0 Å². The van der Waals surface area contributed by atoms with E-state index in [1.807, 2.05) is 0 Å². The minimum atomic E-state index is -4.55. The molecule has 2 aromatic carbocycles. The molecule has 0 saturated heterocycles. The highest BCUT2D eigenvalue weighted by molar-refractivity contribution is 6.31. The van der Waals surface area contributed by atoms with Crippen molar-refractivity contribution in [3.63, 3.8) is 0 Å². The molecule has 29 heavy (non-hydrogen) atoms. The van der Waals surface area contributed by atoms with Crippen LogP contribution in [0.5, 0.6) is 0 Å². The molecule has 0 radical (unpaired) electrons. The summed E-state index contributed by atoms with van der Waals surface area (Å²) in [5, 5.41) is 12.2. The van der Waals surface area contributed by atoms with Crippen LogP contribution in [-0.2, 0) is 6.18 Å². The molecule has 4 aromatic rings. The first-order valence-corrected chi connectivity index (χ1v) is 8.70. The van der Waals surface area contributed by atoms with Crippen LogP contribution in [0, 0.1) is 0 Å². The van der Waals surface area contributed by atoms with Crippen LogP contribution in [0.25, 0.3) is 33.7 Å². The maximum atomic E-state index is 13.3. The summed E-state index contributed by atoms with van der Waals surface area (Å²) >= 11 is 5.92. The lowest BCUT2D eigenvalue weighted by Gasteiger charge is -2.11. The molecule has 2 heterocycles. The van der Waals surface area contributed by atoms with Gasteiger partial charge in [0.15, 0.2) is 5.76 Å². The maximum absolute atomic E-state index is 13.3. The number of hydrogen-bond acceptors (Lipinski definition) is 4. The molecule has 0 aliphatic carbocycles. The molecule has 0 aliphatic rings. The highest BCUT2D eigenvalue weighted by atomic mass is 35.5. The first-order valence-electron chi connectivity index (χ1n) is 8.32. The number of carbonyl (C=O) groups excluding carboxylic acids is 1. The number of alkyl halides is 3. The Bertz CT molecular complexity index is 1250. The molecule has 0 spiro atoms. The zero-order valence-corrected chi connectivity index (χ0v) is 15.2. The Kier molecular flexibility index (Phi) is 4.55. The van der Waals surface area contributed by atoms with E-state index in [-0.39, 0.29) is 33.7 Å². The average molecular weight is 417 g/mol. The van der Waals surface area contributed by atoms with Crippen molar-refractivity contribution >= 4 is 28.5 Å². The van der Waals surface area contributed by atoms with Gasteiger partial charge in [0, 0.05) is 21.5 Å². The van der Waals surface area contributed by atoms with E-state index in [0.717, 1.165) is 6.07 Å². The SMILES string of the molecule is O=C([O-])c1cc(-c2ccc(-c3ccccc3C(F)(F)F)o2)nc2ccc(Cl)cc12. The van der Waals surface area contributed by atoms with Gasteiger partial charge in [-0.2, -0.15) is 13.2 Å². The maximum Gasteiger partial charge on any atom is 0.417 e. The Morgan fingerprint density at radius 1 is 1.00 bits per heavy atom. The van der Waals surface area contributed by atoms with E-state index in [0.29, 0.717) is 10.5 Å². The lowest BCUT2D eigenvalue weighted by Crippen LogP contribution is -2.22. The van der Waals surface area contributed by atoms with Crippen LogP contribution >= 0.6 is 11.6 Å². The number of fused-ring (bicyclic) bond motifs is 1. The Morgan fingerprint density at radius 2 is 1.72 bits per heavy atom. The van der Waals surface area contributed by atoms with Gasteiger partial charge in [0.1, 0.15) is 11.5 Å². The third-order valence-electron chi connectivity index (χ3n) is 4.35. The van der Waals surface area contributed by atoms with Gasteiger partial charge in [-0.05, 0) is 42.5 Å². The molecular formula is C21H10ClF3NO3-. The van der Waals surface area contributed by atoms with Gasteiger partial charge in [-0.15, -0.1) is 0 Å².